The maximum Gasteiger partial charge on any atom is 0.239 e. The van der Waals surface area contributed by atoms with Crippen LogP contribution in [-0.2, 0) is 4.79 Å². The highest BCUT2D eigenvalue weighted by atomic mass is 35.5. The number of benzene rings is 1. The van der Waals surface area contributed by atoms with Crippen LogP contribution in [0.3, 0.4) is 0 Å². The van der Waals surface area contributed by atoms with Crippen molar-refractivity contribution in [3.8, 4) is 34.7 Å². The van der Waals surface area contributed by atoms with Crippen LogP contribution in [0.25, 0.3) is 22.6 Å². The maximum atomic E-state index is 12.8. The number of hydrogen-bond donors (Lipinski definition) is 2. The topological polar surface area (TPSA) is 142 Å². The molecule has 0 saturated carbocycles. The molecule has 11 heteroatoms. The van der Waals surface area contributed by atoms with E-state index in [-0.39, 0.29) is 33.4 Å². The number of furan rings is 1. The number of thiazole rings is 1. The molecule has 0 aliphatic heterocycles. The molecule has 1 atom stereocenters. The van der Waals surface area contributed by atoms with Gasteiger partial charge in [0.1, 0.15) is 34.3 Å². The summed E-state index contributed by atoms with van der Waals surface area (Å²) in [6.45, 7) is 1.67. The number of anilines is 2. The Morgan fingerprint density at radius 1 is 1.21 bits per heavy atom. The zero-order valence-electron chi connectivity index (χ0n) is 17.6. The second-order valence-electron chi connectivity index (χ2n) is 6.90. The molecule has 0 spiro atoms. The van der Waals surface area contributed by atoms with Gasteiger partial charge in [-0.3, -0.25) is 4.79 Å². The highest BCUT2D eigenvalue weighted by molar-refractivity contribution is 8.00. The van der Waals surface area contributed by atoms with Gasteiger partial charge in [0.05, 0.1) is 28.3 Å². The summed E-state index contributed by atoms with van der Waals surface area (Å²) in [5.74, 6) is -0.0680. The van der Waals surface area contributed by atoms with Crippen molar-refractivity contribution in [3.63, 3.8) is 0 Å². The van der Waals surface area contributed by atoms with Crippen LogP contribution < -0.4 is 11.1 Å². The largest absolute Gasteiger partial charge is 0.464 e. The average Bonchev–Trinajstić information content (AvgIpc) is 3.51. The van der Waals surface area contributed by atoms with Gasteiger partial charge < -0.3 is 15.5 Å². The van der Waals surface area contributed by atoms with Crippen molar-refractivity contribution in [1.82, 2.24) is 9.97 Å². The summed E-state index contributed by atoms with van der Waals surface area (Å²) in [4.78, 5) is 21.5. The molecule has 0 bridgehead atoms. The number of nitrogens with two attached hydrogens (primary N) is 1. The van der Waals surface area contributed by atoms with E-state index in [0.717, 1.165) is 17.3 Å². The van der Waals surface area contributed by atoms with Crippen molar-refractivity contribution in [2.24, 2.45) is 0 Å². The number of nitrogen functional groups attached to an aromatic ring is 1. The van der Waals surface area contributed by atoms with Gasteiger partial charge in [-0.2, -0.15) is 10.5 Å². The monoisotopic (exact) mass is 506 g/mol. The number of hydrogen-bond acceptors (Lipinski definition) is 9. The number of pyridine rings is 1. The second-order valence-corrected chi connectivity index (χ2v) is 9.49. The Morgan fingerprint density at radius 3 is 2.65 bits per heavy atom. The minimum absolute atomic E-state index is 0.0443. The summed E-state index contributed by atoms with van der Waals surface area (Å²) in [6, 6.07) is 14.6. The number of nitrogens with one attached hydrogen (secondary N) is 1. The van der Waals surface area contributed by atoms with Gasteiger partial charge in [0.25, 0.3) is 0 Å². The van der Waals surface area contributed by atoms with Crippen LogP contribution in [0.1, 0.15) is 18.1 Å². The van der Waals surface area contributed by atoms with E-state index in [1.54, 1.807) is 30.5 Å². The van der Waals surface area contributed by atoms with Gasteiger partial charge in [-0.05, 0) is 25.1 Å². The minimum atomic E-state index is -0.649. The van der Waals surface area contributed by atoms with Crippen LogP contribution in [-0.4, -0.2) is 21.1 Å². The predicted octanol–water partition coefficient (Wildman–Crippen LogP) is 5.56. The Balaban J connectivity index is 1.57. The molecule has 0 aliphatic rings. The van der Waals surface area contributed by atoms with Gasteiger partial charge in [-0.25, -0.2) is 9.97 Å². The molecular formula is C23H15ClN6O2S2. The number of halogens is 1. The Bertz CT molecular complexity index is 1450. The number of aromatic nitrogens is 2. The molecule has 8 nitrogen and oxygen atoms in total. The predicted molar refractivity (Wildman–Crippen MR) is 132 cm³/mol. The average molecular weight is 507 g/mol. The molecule has 168 valence electrons. The third kappa shape index (κ3) is 4.61. The number of amides is 1. The molecule has 1 unspecified atom stereocenters. The van der Waals surface area contributed by atoms with Gasteiger partial charge in [-0.15, -0.1) is 11.3 Å². The van der Waals surface area contributed by atoms with Crippen LogP contribution in [0.4, 0.5) is 10.9 Å². The first-order valence-corrected chi connectivity index (χ1v) is 11.9. The Kier molecular flexibility index (Phi) is 6.85. The number of rotatable bonds is 6. The third-order valence-corrected chi connectivity index (χ3v) is 6.90. The number of carbonyl (C=O) groups is 1. The van der Waals surface area contributed by atoms with Gasteiger partial charge in [0, 0.05) is 16.0 Å². The minimum Gasteiger partial charge on any atom is -0.464 e. The van der Waals surface area contributed by atoms with E-state index >= 15 is 0 Å². The van der Waals surface area contributed by atoms with E-state index in [2.05, 4.69) is 21.4 Å². The SMILES string of the molecule is CC(Sc1nc(N)c(C#N)c(-c2ccco2)c1C#N)C(=O)Nc1nc(-c2ccccc2Cl)cs1. The van der Waals surface area contributed by atoms with Gasteiger partial charge in [0.15, 0.2) is 5.13 Å². The first-order chi connectivity index (χ1) is 16.4. The lowest BCUT2D eigenvalue weighted by atomic mass is 10.0. The van der Waals surface area contributed by atoms with Crippen LogP contribution in [0, 0.1) is 22.7 Å². The number of nitriles is 2. The van der Waals surface area contributed by atoms with Crippen molar-refractivity contribution in [1.29, 1.82) is 10.5 Å². The van der Waals surface area contributed by atoms with Crippen LogP contribution >= 0.6 is 34.7 Å². The lowest BCUT2D eigenvalue weighted by Crippen LogP contribution is -2.22. The van der Waals surface area contributed by atoms with E-state index < -0.39 is 5.25 Å². The van der Waals surface area contributed by atoms with E-state index in [1.165, 1.54) is 17.6 Å². The van der Waals surface area contributed by atoms with E-state index in [1.807, 2.05) is 24.3 Å². The molecule has 3 aromatic heterocycles. The van der Waals surface area contributed by atoms with Crippen molar-refractivity contribution in [2.45, 2.75) is 17.2 Å². The summed E-state index contributed by atoms with van der Waals surface area (Å²) >= 11 is 8.56. The fourth-order valence-corrected chi connectivity index (χ4v) is 4.97. The van der Waals surface area contributed by atoms with Crippen molar-refractivity contribution >= 4 is 51.6 Å². The Morgan fingerprint density at radius 2 is 1.97 bits per heavy atom. The second kappa shape index (κ2) is 9.98. The normalized spacial score (nSPS) is 11.4. The molecule has 4 rings (SSSR count). The van der Waals surface area contributed by atoms with Crippen LogP contribution in [0.5, 0.6) is 0 Å². The van der Waals surface area contributed by atoms with Gasteiger partial charge in [0.2, 0.25) is 5.91 Å². The van der Waals surface area contributed by atoms with Gasteiger partial charge in [-0.1, -0.05) is 41.6 Å². The fraction of sp³-hybridized carbons (Fsp3) is 0.0870. The van der Waals surface area contributed by atoms with Gasteiger partial charge >= 0.3 is 0 Å². The Labute approximate surface area is 208 Å². The maximum absolute atomic E-state index is 12.8. The van der Waals surface area contributed by atoms with Crippen LogP contribution in [0.2, 0.25) is 5.02 Å². The summed E-state index contributed by atoms with van der Waals surface area (Å²) in [5.41, 5.74) is 7.82. The molecule has 34 heavy (non-hydrogen) atoms. The highest BCUT2D eigenvalue weighted by Gasteiger charge is 2.25. The van der Waals surface area contributed by atoms with Crippen LogP contribution in [0.15, 0.2) is 57.5 Å². The highest BCUT2D eigenvalue weighted by Crippen LogP contribution is 2.37. The molecule has 0 aliphatic carbocycles. The Hall–Kier alpha value is -3.83. The molecule has 0 radical (unpaired) electrons. The molecule has 1 aromatic carbocycles. The van der Waals surface area contributed by atoms with Crippen molar-refractivity contribution < 1.29 is 9.21 Å². The summed E-state index contributed by atoms with van der Waals surface area (Å²) in [7, 11) is 0. The molecule has 0 fully saturated rings. The molecule has 1 amide bonds. The number of nitrogens with zero attached hydrogens (tertiary/aromatic N) is 4. The summed E-state index contributed by atoms with van der Waals surface area (Å²) < 4.78 is 5.40. The lowest BCUT2D eigenvalue weighted by molar-refractivity contribution is -0.115. The smallest absolute Gasteiger partial charge is 0.239 e. The molecule has 3 N–H and O–H groups in total. The molecular weight excluding hydrogens is 492 g/mol. The molecule has 4 aromatic rings. The fourth-order valence-electron chi connectivity index (χ4n) is 3.10. The third-order valence-electron chi connectivity index (χ3n) is 4.72. The van der Waals surface area contributed by atoms with Crippen molar-refractivity contribution in [3.05, 3.63) is 64.2 Å². The first-order valence-electron chi connectivity index (χ1n) is 9.78. The quantitative estimate of drug-likeness (QED) is 0.323. The van der Waals surface area contributed by atoms with E-state index in [9.17, 15) is 15.3 Å². The number of thioether (sulfide) groups is 1. The molecule has 0 saturated heterocycles. The first kappa shape index (κ1) is 23.3. The zero-order chi connectivity index (χ0) is 24.2. The summed E-state index contributed by atoms with van der Waals surface area (Å²) in [6.07, 6.45) is 1.43. The molecule has 3 heterocycles. The summed E-state index contributed by atoms with van der Waals surface area (Å²) in [5, 5.41) is 24.5. The van der Waals surface area contributed by atoms with E-state index in [4.69, 9.17) is 21.8 Å². The van der Waals surface area contributed by atoms with E-state index in [0.29, 0.717) is 21.6 Å². The zero-order valence-corrected chi connectivity index (χ0v) is 20.0. The number of carbonyl (C=O) groups excluding carboxylic acids is 1. The standard InChI is InChI=1S/C23H15ClN6O2S2/c1-12(21(31)30-23-28-17(11-33-23)13-5-2-3-6-16(13)24)34-22-15(10-26)19(18-7-4-8-32-18)14(9-25)20(27)29-22/h2-8,11-12H,1H3,(H2,27,29)(H,28,30,31). The lowest BCUT2D eigenvalue weighted by Gasteiger charge is -2.14. The van der Waals surface area contributed by atoms with Crippen molar-refractivity contribution in [2.75, 3.05) is 11.1 Å².